The summed E-state index contributed by atoms with van der Waals surface area (Å²) in [6.07, 6.45) is 1.75. The molecule has 0 fully saturated rings. The third-order valence-electron chi connectivity index (χ3n) is 3.24. The van der Waals surface area contributed by atoms with Crippen molar-refractivity contribution in [2.45, 2.75) is 19.9 Å². The highest BCUT2D eigenvalue weighted by Crippen LogP contribution is 2.09. The number of aliphatic carboxylic acids is 1. The monoisotopic (exact) mass is 323 g/mol. The van der Waals surface area contributed by atoms with Crippen LogP contribution in [-0.4, -0.2) is 27.2 Å². The van der Waals surface area contributed by atoms with E-state index in [0.717, 1.165) is 16.7 Å². The number of carboxylic acid groups (broad SMARTS) is 1. The number of carbonyl (C=O) groups is 1. The maximum absolute atomic E-state index is 13.1. The second-order valence-electron chi connectivity index (χ2n) is 4.96. The van der Waals surface area contributed by atoms with E-state index in [-0.39, 0.29) is 12.4 Å². The van der Waals surface area contributed by atoms with Crippen LogP contribution >= 0.6 is 0 Å². The molecular formula is C15H15F2N3O3. The van der Waals surface area contributed by atoms with Gasteiger partial charge in [-0.2, -0.15) is 0 Å². The summed E-state index contributed by atoms with van der Waals surface area (Å²) in [4.78, 5) is 26.8. The summed E-state index contributed by atoms with van der Waals surface area (Å²) in [5, 5.41) is 11.6. The van der Waals surface area contributed by atoms with E-state index in [1.807, 2.05) is 0 Å². The van der Waals surface area contributed by atoms with Crippen molar-refractivity contribution in [2.24, 2.45) is 0 Å². The topological polar surface area (TPSA) is 84.2 Å². The van der Waals surface area contributed by atoms with Crippen LogP contribution in [0, 0.1) is 18.6 Å². The van der Waals surface area contributed by atoms with Crippen molar-refractivity contribution in [1.82, 2.24) is 9.55 Å². The van der Waals surface area contributed by atoms with E-state index < -0.39 is 29.7 Å². The number of carboxylic acids is 1. The van der Waals surface area contributed by atoms with Gasteiger partial charge in [-0.05, 0) is 31.0 Å². The molecule has 1 aromatic carbocycles. The lowest BCUT2D eigenvalue weighted by molar-refractivity contribution is -0.137. The van der Waals surface area contributed by atoms with Gasteiger partial charge < -0.3 is 10.4 Å². The number of nitrogens with one attached hydrogen (secondary N) is 1. The van der Waals surface area contributed by atoms with E-state index in [0.29, 0.717) is 17.7 Å². The maximum Gasteiger partial charge on any atom is 0.323 e. The van der Waals surface area contributed by atoms with Gasteiger partial charge in [0.05, 0.1) is 0 Å². The zero-order chi connectivity index (χ0) is 17.0. The molecule has 2 aromatic rings. The molecule has 122 valence electrons. The minimum atomic E-state index is -1.13. The Kier molecular flexibility index (Phi) is 5.05. The zero-order valence-electron chi connectivity index (χ0n) is 12.3. The minimum Gasteiger partial charge on any atom is -0.480 e. The fourth-order valence-electron chi connectivity index (χ4n) is 2.04. The van der Waals surface area contributed by atoms with Crippen LogP contribution in [0.25, 0.3) is 0 Å². The molecule has 0 unspecified atom stereocenters. The second-order valence-corrected chi connectivity index (χ2v) is 4.96. The van der Waals surface area contributed by atoms with E-state index >= 15 is 0 Å². The molecule has 8 heteroatoms. The third kappa shape index (κ3) is 4.12. The first kappa shape index (κ1) is 16.6. The van der Waals surface area contributed by atoms with Crippen LogP contribution in [0.2, 0.25) is 0 Å². The maximum atomic E-state index is 13.1. The fraction of sp³-hybridized carbons (Fsp3) is 0.267. The summed E-state index contributed by atoms with van der Waals surface area (Å²) in [6.45, 7) is 1.40. The molecule has 0 amide bonds. The summed E-state index contributed by atoms with van der Waals surface area (Å²) in [5.41, 5.74) is 0.454. The summed E-state index contributed by atoms with van der Waals surface area (Å²) < 4.78 is 27.0. The van der Waals surface area contributed by atoms with Crippen molar-refractivity contribution in [1.29, 1.82) is 0 Å². The summed E-state index contributed by atoms with van der Waals surface area (Å²) >= 11 is 0. The van der Waals surface area contributed by atoms with Crippen molar-refractivity contribution < 1.29 is 18.7 Å². The number of benzene rings is 1. The fourth-order valence-corrected chi connectivity index (χ4v) is 2.04. The first-order valence-electron chi connectivity index (χ1n) is 6.84. The smallest absolute Gasteiger partial charge is 0.323 e. The van der Waals surface area contributed by atoms with Gasteiger partial charge in [-0.15, -0.1) is 0 Å². The first-order chi connectivity index (χ1) is 10.9. The highest BCUT2D eigenvalue weighted by molar-refractivity contribution is 5.66. The Hall–Kier alpha value is -2.77. The predicted octanol–water partition coefficient (Wildman–Crippen LogP) is 1.57. The van der Waals surface area contributed by atoms with Crippen LogP contribution in [0.15, 0.2) is 29.2 Å². The summed E-state index contributed by atoms with van der Waals surface area (Å²) in [5.74, 6) is -2.97. The van der Waals surface area contributed by atoms with Crippen LogP contribution in [0.4, 0.5) is 14.6 Å². The van der Waals surface area contributed by atoms with Gasteiger partial charge in [-0.1, -0.05) is 6.07 Å². The molecule has 0 spiro atoms. The van der Waals surface area contributed by atoms with Gasteiger partial charge in [0.15, 0.2) is 17.5 Å². The number of anilines is 1. The molecule has 0 aliphatic heterocycles. The molecule has 0 saturated heterocycles. The largest absolute Gasteiger partial charge is 0.480 e. The van der Waals surface area contributed by atoms with Gasteiger partial charge in [0.1, 0.15) is 6.54 Å². The summed E-state index contributed by atoms with van der Waals surface area (Å²) in [6, 6.07) is 3.57. The zero-order valence-corrected chi connectivity index (χ0v) is 12.3. The molecule has 0 saturated carbocycles. The average Bonchev–Trinajstić information content (AvgIpc) is 2.49. The Labute approximate surface area is 130 Å². The molecule has 23 heavy (non-hydrogen) atoms. The van der Waals surface area contributed by atoms with E-state index in [9.17, 15) is 18.4 Å². The number of rotatable bonds is 6. The van der Waals surface area contributed by atoms with Crippen LogP contribution in [0.1, 0.15) is 11.3 Å². The predicted molar refractivity (Wildman–Crippen MR) is 79.4 cm³/mol. The number of halogens is 2. The molecule has 2 N–H and O–H groups in total. The van der Waals surface area contributed by atoms with Crippen molar-refractivity contribution in [3.8, 4) is 0 Å². The number of nitrogens with zero attached hydrogens (tertiary/aromatic N) is 2. The first-order valence-corrected chi connectivity index (χ1v) is 6.84. The van der Waals surface area contributed by atoms with E-state index in [1.165, 1.54) is 12.3 Å². The van der Waals surface area contributed by atoms with Crippen molar-refractivity contribution in [2.75, 3.05) is 11.9 Å². The Morgan fingerprint density at radius 1 is 1.35 bits per heavy atom. The van der Waals surface area contributed by atoms with E-state index in [2.05, 4.69) is 10.3 Å². The molecule has 1 heterocycles. The van der Waals surface area contributed by atoms with Crippen molar-refractivity contribution >= 4 is 11.8 Å². The molecule has 0 aliphatic rings. The lowest BCUT2D eigenvalue weighted by Gasteiger charge is -2.10. The lowest BCUT2D eigenvalue weighted by Crippen LogP contribution is -2.29. The highest BCUT2D eigenvalue weighted by atomic mass is 19.2. The minimum absolute atomic E-state index is 0.0134. The van der Waals surface area contributed by atoms with Gasteiger partial charge in [0.2, 0.25) is 0 Å². The molecule has 2 rings (SSSR count). The molecule has 0 bridgehead atoms. The van der Waals surface area contributed by atoms with E-state index in [1.54, 1.807) is 6.92 Å². The van der Waals surface area contributed by atoms with Crippen LogP contribution in [-0.2, 0) is 17.8 Å². The normalized spacial score (nSPS) is 10.6. The van der Waals surface area contributed by atoms with Gasteiger partial charge in [0.25, 0.3) is 5.56 Å². The van der Waals surface area contributed by atoms with Gasteiger partial charge in [0, 0.05) is 18.4 Å². The molecular weight excluding hydrogens is 308 g/mol. The van der Waals surface area contributed by atoms with Gasteiger partial charge in [-0.25, -0.2) is 13.8 Å². The SMILES string of the molecule is Cc1cnc(NCCc2ccc(F)c(F)c2)c(=O)n1CC(=O)O. The highest BCUT2D eigenvalue weighted by Gasteiger charge is 2.10. The van der Waals surface area contributed by atoms with Crippen molar-refractivity contribution in [3.63, 3.8) is 0 Å². The summed E-state index contributed by atoms with van der Waals surface area (Å²) in [7, 11) is 0. The van der Waals surface area contributed by atoms with Gasteiger partial charge in [-0.3, -0.25) is 14.2 Å². The van der Waals surface area contributed by atoms with Crippen molar-refractivity contribution in [3.05, 3.63) is 57.6 Å². The average molecular weight is 323 g/mol. The number of hydrogen-bond acceptors (Lipinski definition) is 4. The standard InChI is InChI=1S/C15H15F2N3O3/c1-9-7-19-14(15(23)20(9)8-13(21)22)18-5-4-10-2-3-11(16)12(17)6-10/h2-3,6-7H,4-5,8H2,1H3,(H,18,19)(H,21,22). The quantitative estimate of drug-likeness (QED) is 0.843. The molecule has 1 aromatic heterocycles. The Bertz CT molecular complexity index is 790. The number of aromatic nitrogens is 2. The molecule has 6 nitrogen and oxygen atoms in total. The number of hydrogen-bond donors (Lipinski definition) is 2. The van der Waals surface area contributed by atoms with E-state index in [4.69, 9.17) is 5.11 Å². The van der Waals surface area contributed by atoms with Crippen LogP contribution < -0.4 is 10.9 Å². The Morgan fingerprint density at radius 3 is 2.74 bits per heavy atom. The number of aryl methyl sites for hydroxylation is 1. The Morgan fingerprint density at radius 2 is 2.09 bits per heavy atom. The molecule has 0 atom stereocenters. The van der Waals surface area contributed by atoms with Gasteiger partial charge >= 0.3 is 5.97 Å². The lowest BCUT2D eigenvalue weighted by atomic mass is 10.1. The molecule has 0 radical (unpaired) electrons. The Balaban J connectivity index is 2.07. The van der Waals surface area contributed by atoms with Crippen LogP contribution in [0.3, 0.4) is 0 Å². The van der Waals surface area contributed by atoms with Crippen LogP contribution in [0.5, 0.6) is 0 Å². The second kappa shape index (κ2) is 6.99. The third-order valence-corrected chi connectivity index (χ3v) is 3.24. The molecule has 0 aliphatic carbocycles.